The second-order valence-electron chi connectivity index (χ2n) is 5.11. The van der Waals surface area contributed by atoms with Crippen molar-refractivity contribution in [3.63, 3.8) is 0 Å². The summed E-state index contributed by atoms with van der Waals surface area (Å²) < 4.78 is 15.8. The number of esters is 1. The lowest BCUT2D eigenvalue weighted by Crippen LogP contribution is -2.13. The van der Waals surface area contributed by atoms with Gasteiger partial charge in [0.25, 0.3) is 0 Å². The normalized spacial score (nSPS) is 10.5. The minimum absolute atomic E-state index is 0.177. The number of para-hydroxylation sites is 1. The molecule has 2 aromatic carbocycles. The van der Waals surface area contributed by atoms with Crippen molar-refractivity contribution in [3.8, 4) is 5.75 Å². The molecule has 0 aliphatic rings. The van der Waals surface area contributed by atoms with Gasteiger partial charge in [0.15, 0.2) is 12.4 Å². The number of hydrogen-bond acceptors (Lipinski definition) is 5. The first-order valence-electron chi connectivity index (χ1n) is 7.59. The molecule has 1 aromatic heterocycles. The van der Waals surface area contributed by atoms with Gasteiger partial charge in [-0.05, 0) is 43.3 Å². The highest BCUT2D eigenvalue weighted by Crippen LogP contribution is 2.19. The van der Waals surface area contributed by atoms with Crippen molar-refractivity contribution >= 4 is 22.7 Å². The third kappa shape index (κ3) is 3.46. The molecule has 0 N–H and O–H groups in total. The van der Waals surface area contributed by atoms with Crippen molar-refractivity contribution in [2.24, 2.45) is 0 Å². The Morgan fingerprint density at radius 2 is 1.79 bits per heavy atom. The average Bonchev–Trinajstić information content (AvgIpc) is 3.04. The first kappa shape index (κ1) is 15.8. The van der Waals surface area contributed by atoms with Gasteiger partial charge in [-0.15, -0.1) is 0 Å². The molecule has 3 rings (SSSR count). The quantitative estimate of drug-likeness (QED) is 0.508. The Morgan fingerprint density at radius 1 is 1.04 bits per heavy atom. The van der Waals surface area contributed by atoms with Crippen molar-refractivity contribution < 1.29 is 23.5 Å². The van der Waals surface area contributed by atoms with E-state index in [0.29, 0.717) is 23.5 Å². The molecule has 0 fully saturated rings. The number of carbonyl (C=O) groups is 2. The summed E-state index contributed by atoms with van der Waals surface area (Å²) in [5.41, 5.74) is 0.981. The minimum atomic E-state index is -0.567. The topological polar surface area (TPSA) is 65.7 Å². The predicted octanol–water partition coefficient (Wildman–Crippen LogP) is 3.87. The van der Waals surface area contributed by atoms with Gasteiger partial charge >= 0.3 is 5.97 Å². The molecule has 3 aromatic rings. The van der Waals surface area contributed by atoms with E-state index in [1.165, 1.54) is 0 Å². The summed E-state index contributed by atoms with van der Waals surface area (Å²) >= 11 is 0. The van der Waals surface area contributed by atoms with E-state index in [0.717, 1.165) is 5.39 Å². The first-order valence-corrected chi connectivity index (χ1v) is 7.59. The maximum absolute atomic E-state index is 12.1. The lowest BCUT2D eigenvalue weighted by molar-refractivity contribution is 0.0468. The molecule has 122 valence electrons. The van der Waals surface area contributed by atoms with Gasteiger partial charge in [0.1, 0.15) is 11.3 Å². The van der Waals surface area contributed by atoms with Crippen LogP contribution in [0.4, 0.5) is 0 Å². The van der Waals surface area contributed by atoms with E-state index in [2.05, 4.69) is 0 Å². The molecule has 0 atom stereocenters. The van der Waals surface area contributed by atoms with Crippen LogP contribution in [0, 0.1) is 0 Å². The molecule has 0 unspecified atom stereocenters. The Balaban J connectivity index is 1.61. The molecule has 0 saturated heterocycles. The Kier molecular flexibility index (Phi) is 4.61. The molecule has 0 bridgehead atoms. The zero-order valence-corrected chi connectivity index (χ0v) is 13.2. The van der Waals surface area contributed by atoms with Gasteiger partial charge in [0.05, 0.1) is 12.2 Å². The number of hydrogen-bond donors (Lipinski definition) is 0. The molecule has 1 heterocycles. The molecule has 5 heteroatoms. The molecular formula is C19H16O5. The van der Waals surface area contributed by atoms with E-state index in [1.807, 2.05) is 25.1 Å². The van der Waals surface area contributed by atoms with Crippen LogP contribution in [0.15, 0.2) is 59.0 Å². The second-order valence-corrected chi connectivity index (χ2v) is 5.11. The number of rotatable bonds is 6. The summed E-state index contributed by atoms with van der Waals surface area (Å²) in [5.74, 6) is -0.101. The predicted molar refractivity (Wildman–Crippen MR) is 88.4 cm³/mol. The fraction of sp³-hybridized carbons (Fsp3) is 0.158. The highest BCUT2D eigenvalue weighted by atomic mass is 16.5. The van der Waals surface area contributed by atoms with Crippen LogP contribution >= 0.6 is 0 Å². The summed E-state index contributed by atoms with van der Waals surface area (Å²) in [6.45, 7) is 2.06. The van der Waals surface area contributed by atoms with Gasteiger partial charge in [-0.25, -0.2) is 4.79 Å². The fourth-order valence-electron chi connectivity index (χ4n) is 2.26. The summed E-state index contributed by atoms with van der Waals surface area (Å²) in [5, 5.41) is 0.832. The van der Waals surface area contributed by atoms with Gasteiger partial charge in [-0.3, -0.25) is 4.79 Å². The maximum atomic E-state index is 12.1. The van der Waals surface area contributed by atoms with E-state index in [4.69, 9.17) is 13.9 Å². The van der Waals surface area contributed by atoms with E-state index in [1.54, 1.807) is 36.4 Å². The molecule has 0 amide bonds. The largest absolute Gasteiger partial charge is 0.494 e. The van der Waals surface area contributed by atoms with Crippen molar-refractivity contribution in [1.29, 1.82) is 0 Å². The third-order valence-corrected chi connectivity index (χ3v) is 3.44. The number of fused-ring (bicyclic) bond motifs is 1. The van der Waals surface area contributed by atoms with Crippen LogP contribution in [0.25, 0.3) is 11.0 Å². The number of benzene rings is 2. The molecule has 24 heavy (non-hydrogen) atoms. The number of ketones is 1. The summed E-state index contributed by atoms with van der Waals surface area (Å²) in [6, 6.07) is 15.5. The number of Topliss-reactive ketones (excluding diaryl/α,β-unsaturated/α-hetero) is 1. The Bertz CT molecular complexity index is 828. The van der Waals surface area contributed by atoms with Gasteiger partial charge in [-0.1, -0.05) is 18.2 Å². The van der Waals surface area contributed by atoms with Crippen molar-refractivity contribution in [2.75, 3.05) is 13.2 Å². The van der Waals surface area contributed by atoms with Gasteiger partial charge in [0.2, 0.25) is 5.78 Å². The van der Waals surface area contributed by atoms with Crippen LogP contribution in [0.5, 0.6) is 5.75 Å². The minimum Gasteiger partial charge on any atom is -0.494 e. The average molecular weight is 324 g/mol. The van der Waals surface area contributed by atoms with Crippen LogP contribution < -0.4 is 4.74 Å². The second kappa shape index (κ2) is 7.00. The molecule has 0 aliphatic carbocycles. The smallest absolute Gasteiger partial charge is 0.338 e. The molecule has 5 nitrogen and oxygen atoms in total. The van der Waals surface area contributed by atoms with Crippen LogP contribution in [-0.4, -0.2) is 25.0 Å². The highest BCUT2D eigenvalue weighted by molar-refractivity contribution is 6.00. The lowest BCUT2D eigenvalue weighted by Gasteiger charge is -2.05. The standard InChI is InChI=1S/C19H16O5/c1-2-22-15-9-7-13(8-10-15)19(21)23-12-16(20)18-11-14-5-3-4-6-17(14)24-18/h3-11H,2,12H2,1H3. The summed E-state index contributed by atoms with van der Waals surface area (Å²) in [7, 11) is 0. The monoisotopic (exact) mass is 324 g/mol. The zero-order chi connectivity index (χ0) is 16.9. The molecule has 0 saturated carbocycles. The van der Waals surface area contributed by atoms with E-state index in [-0.39, 0.29) is 18.2 Å². The zero-order valence-electron chi connectivity index (χ0n) is 13.2. The molecule has 0 spiro atoms. The number of ether oxygens (including phenoxy) is 2. The molecule has 0 aliphatic heterocycles. The van der Waals surface area contributed by atoms with Crippen LogP contribution in [0.1, 0.15) is 27.8 Å². The van der Waals surface area contributed by atoms with Gasteiger partial charge in [0, 0.05) is 5.39 Å². The number of furan rings is 1. The third-order valence-electron chi connectivity index (χ3n) is 3.44. The Morgan fingerprint density at radius 3 is 2.50 bits per heavy atom. The maximum Gasteiger partial charge on any atom is 0.338 e. The van der Waals surface area contributed by atoms with Crippen molar-refractivity contribution in [3.05, 3.63) is 65.9 Å². The SMILES string of the molecule is CCOc1ccc(C(=O)OCC(=O)c2cc3ccccc3o2)cc1. The molecule has 0 radical (unpaired) electrons. The Labute approximate surface area is 138 Å². The Hall–Kier alpha value is -3.08. The van der Waals surface area contributed by atoms with E-state index >= 15 is 0 Å². The number of carbonyl (C=O) groups excluding carboxylic acids is 2. The van der Waals surface area contributed by atoms with Crippen molar-refractivity contribution in [2.45, 2.75) is 6.92 Å². The van der Waals surface area contributed by atoms with Gasteiger partial charge in [-0.2, -0.15) is 0 Å². The van der Waals surface area contributed by atoms with Crippen LogP contribution in [-0.2, 0) is 4.74 Å². The van der Waals surface area contributed by atoms with Crippen LogP contribution in [0.3, 0.4) is 0 Å². The molecular weight excluding hydrogens is 308 g/mol. The van der Waals surface area contributed by atoms with Gasteiger partial charge < -0.3 is 13.9 Å². The van der Waals surface area contributed by atoms with E-state index in [9.17, 15) is 9.59 Å². The summed E-state index contributed by atoms with van der Waals surface area (Å²) in [6.07, 6.45) is 0. The lowest BCUT2D eigenvalue weighted by atomic mass is 10.2. The summed E-state index contributed by atoms with van der Waals surface area (Å²) in [4.78, 5) is 24.1. The van der Waals surface area contributed by atoms with Crippen LogP contribution in [0.2, 0.25) is 0 Å². The van der Waals surface area contributed by atoms with E-state index < -0.39 is 5.97 Å². The first-order chi connectivity index (χ1) is 11.7. The van der Waals surface area contributed by atoms with Crippen molar-refractivity contribution in [1.82, 2.24) is 0 Å². The fourth-order valence-corrected chi connectivity index (χ4v) is 2.26. The highest BCUT2D eigenvalue weighted by Gasteiger charge is 2.15.